The highest BCUT2D eigenvalue weighted by Gasteiger charge is 1.94. The molecule has 0 aliphatic heterocycles. The molecule has 0 radical (unpaired) electrons. The molecule has 2 N–H and O–H groups in total. The highest BCUT2D eigenvalue weighted by molar-refractivity contribution is 5.79. The third-order valence-corrected chi connectivity index (χ3v) is 1.71. The molecule has 1 aromatic rings. The first-order valence-corrected chi connectivity index (χ1v) is 4.91. The van der Waals surface area contributed by atoms with E-state index in [1.807, 2.05) is 0 Å². The summed E-state index contributed by atoms with van der Waals surface area (Å²) in [4.78, 5) is 19.7. The Bertz CT molecular complexity index is 309. The minimum Gasteiger partial charge on any atom is -0.480 e. The SMILES string of the molecule is CC(=O)NCC(=O)O.Cc1ccc(C)cc1. The molecule has 0 aliphatic carbocycles. The molecule has 0 aliphatic rings. The summed E-state index contributed by atoms with van der Waals surface area (Å²) in [5.41, 5.74) is 2.66. The number of carboxylic acid groups (broad SMARTS) is 1. The fourth-order valence-electron chi connectivity index (χ4n) is 0.837. The number of hydrogen-bond acceptors (Lipinski definition) is 2. The van der Waals surface area contributed by atoms with Crippen LogP contribution >= 0.6 is 0 Å². The largest absolute Gasteiger partial charge is 0.480 e. The Hall–Kier alpha value is -1.84. The lowest BCUT2D eigenvalue weighted by atomic mass is 10.2. The standard InChI is InChI=1S/C8H10.C4H7NO3/c1-7-3-5-8(2)6-4-7;1-3(6)5-2-4(7)8/h3-6H,1-2H3;2H2,1H3,(H,5,6)(H,7,8). The van der Waals surface area contributed by atoms with Gasteiger partial charge >= 0.3 is 5.97 Å². The lowest BCUT2D eigenvalue weighted by Crippen LogP contribution is -2.26. The first kappa shape index (κ1) is 14.2. The molecule has 0 atom stereocenters. The van der Waals surface area contributed by atoms with Crippen molar-refractivity contribution < 1.29 is 14.7 Å². The quantitative estimate of drug-likeness (QED) is 0.798. The van der Waals surface area contributed by atoms with Gasteiger partial charge in [0.15, 0.2) is 0 Å². The molecule has 0 bridgehead atoms. The summed E-state index contributed by atoms with van der Waals surface area (Å²) in [6.07, 6.45) is 0. The van der Waals surface area contributed by atoms with Crippen molar-refractivity contribution in [2.24, 2.45) is 0 Å². The number of rotatable bonds is 2. The van der Waals surface area contributed by atoms with Crippen molar-refractivity contribution in [3.63, 3.8) is 0 Å². The van der Waals surface area contributed by atoms with Crippen molar-refractivity contribution in [2.45, 2.75) is 20.8 Å². The molecule has 0 aromatic heterocycles. The second kappa shape index (κ2) is 7.45. The molecular formula is C12H17NO3. The van der Waals surface area contributed by atoms with Crippen LogP contribution in [0.15, 0.2) is 24.3 Å². The van der Waals surface area contributed by atoms with Gasteiger partial charge in [-0.3, -0.25) is 9.59 Å². The van der Waals surface area contributed by atoms with Crippen molar-refractivity contribution in [1.29, 1.82) is 0 Å². The van der Waals surface area contributed by atoms with E-state index in [-0.39, 0.29) is 12.5 Å². The van der Waals surface area contributed by atoms with E-state index in [9.17, 15) is 9.59 Å². The van der Waals surface area contributed by atoms with Crippen LogP contribution in [0.25, 0.3) is 0 Å². The number of nitrogens with one attached hydrogen (secondary N) is 1. The van der Waals surface area contributed by atoms with E-state index in [0.29, 0.717) is 0 Å². The van der Waals surface area contributed by atoms with E-state index < -0.39 is 5.97 Å². The third kappa shape index (κ3) is 8.74. The first-order chi connectivity index (χ1) is 7.41. The van der Waals surface area contributed by atoms with E-state index >= 15 is 0 Å². The van der Waals surface area contributed by atoms with Gasteiger partial charge in [-0.2, -0.15) is 0 Å². The fraction of sp³-hybridized carbons (Fsp3) is 0.333. The molecule has 1 rings (SSSR count). The second-order valence-corrected chi connectivity index (χ2v) is 3.46. The van der Waals surface area contributed by atoms with Crippen LogP contribution in [0, 0.1) is 13.8 Å². The molecular weight excluding hydrogens is 206 g/mol. The van der Waals surface area contributed by atoms with Gasteiger partial charge in [0, 0.05) is 6.92 Å². The summed E-state index contributed by atoms with van der Waals surface area (Å²) >= 11 is 0. The Morgan fingerprint density at radius 3 is 1.69 bits per heavy atom. The molecule has 0 saturated carbocycles. The number of hydrogen-bond donors (Lipinski definition) is 2. The lowest BCUT2D eigenvalue weighted by Gasteiger charge is -1.92. The van der Waals surface area contributed by atoms with Crippen molar-refractivity contribution in [3.8, 4) is 0 Å². The van der Waals surface area contributed by atoms with Gasteiger partial charge in [0.1, 0.15) is 6.54 Å². The number of amides is 1. The maximum atomic E-state index is 9.97. The van der Waals surface area contributed by atoms with E-state index in [0.717, 1.165) is 0 Å². The van der Waals surface area contributed by atoms with Gasteiger partial charge < -0.3 is 10.4 Å². The summed E-state index contributed by atoms with van der Waals surface area (Å²) < 4.78 is 0. The van der Waals surface area contributed by atoms with Gasteiger partial charge in [0.2, 0.25) is 5.91 Å². The maximum Gasteiger partial charge on any atom is 0.322 e. The molecule has 0 fully saturated rings. The Labute approximate surface area is 95.3 Å². The van der Waals surface area contributed by atoms with Crippen molar-refractivity contribution in [1.82, 2.24) is 5.32 Å². The number of aliphatic carboxylic acids is 1. The van der Waals surface area contributed by atoms with Gasteiger partial charge in [-0.25, -0.2) is 0 Å². The molecule has 1 aromatic carbocycles. The monoisotopic (exact) mass is 223 g/mol. The molecule has 0 saturated heterocycles. The van der Waals surface area contributed by atoms with E-state index in [1.54, 1.807) is 0 Å². The van der Waals surface area contributed by atoms with Gasteiger partial charge in [-0.15, -0.1) is 0 Å². The second-order valence-electron chi connectivity index (χ2n) is 3.46. The number of carbonyl (C=O) groups is 2. The Morgan fingerprint density at radius 2 is 1.50 bits per heavy atom. The smallest absolute Gasteiger partial charge is 0.322 e. The van der Waals surface area contributed by atoms with Crippen LogP contribution in [0.3, 0.4) is 0 Å². The van der Waals surface area contributed by atoms with E-state index in [1.165, 1.54) is 18.1 Å². The van der Waals surface area contributed by atoms with Gasteiger partial charge in [0.25, 0.3) is 0 Å². The highest BCUT2D eigenvalue weighted by atomic mass is 16.4. The lowest BCUT2D eigenvalue weighted by molar-refractivity contribution is -0.137. The molecule has 16 heavy (non-hydrogen) atoms. The Morgan fingerprint density at radius 1 is 1.12 bits per heavy atom. The van der Waals surface area contributed by atoms with Gasteiger partial charge in [-0.05, 0) is 13.8 Å². The minimum absolute atomic E-state index is 0.296. The number of carbonyl (C=O) groups excluding carboxylic acids is 1. The number of carboxylic acids is 1. The highest BCUT2D eigenvalue weighted by Crippen LogP contribution is 1.99. The van der Waals surface area contributed by atoms with Crippen LogP contribution in [-0.2, 0) is 9.59 Å². The van der Waals surface area contributed by atoms with Gasteiger partial charge in [-0.1, -0.05) is 35.4 Å². The molecule has 88 valence electrons. The van der Waals surface area contributed by atoms with Crippen molar-refractivity contribution in [3.05, 3.63) is 35.4 Å². The molecule has 4 nitrogen and oxygen atoms in total. The predicted octanol–water partition coefficient (Wildman–Crippen LogP) is 1.51. The van der Waals surface area contributed by atoms with E-state index in [4.69, 9.17) is 5.11 Å². The summed E-state index contributed by atoms with van der Waals surface area (Å²) in [6.45, 7) is 5.16. The summed E-state index contributed by atoms with van der Waals surface area (Å²) in [5.74, 6) is -1.35. The summed E-state index contributed by atoms with van der Waals surface area (Å²) in [5, 5.41) is 10.1. The zero-order chi connectivity index (χ0) is 12.6. The Kier molecular flexibility index (Phi) is 6.59. The molecule has 0 unspecified atom stereocenters. The fourth-order valence-corrected chi connectivity index (χ4v) is 0.837. The average molecular weight is 223 g/mol. The maximum absolute atomic E-state index is 9.97. The first-order valence-electron chi connectivity index (χ1n) is 4.91. The van der Waals surface area contributed by atoms with Crippen LogP contribution in [0.4, 0.5) is 0 Å². The van der Waals surface area contributed by atoms with E-state index in [2.05, 4.69) is 43.4 Å². The minimum atomic E-state index is -1.03. The average Bonchev–Trinajstić information content (AvgIpc) is 2.20. The van der Waals surface area contributed by atoms with Crippen LogP contribution in [0.1, 0.15) is 18.1 Å². The van der Waals surface area contributed by atoms with Crippen molar-refractivity contribution >= 4 is 11.9 Å². The summed E-state index contributed by atoms with van der Waals surface area (Å²) in [7, 11) is 0. The molecule has 0 heterocycles. The normalized spacial score (nSPS) is 8.69. The molecule has 1 amide bonds. The zero-order valence-corrected chi connectivity index (χ0v) is 9.78. The van der Waals surface area contributed by atoms with Crippen LogP contribution in [0.5, 0.6) is 0 Å². The van der Waals surface area contributed by atoms with Crippen LogP contribution in [-0.4, -0.2) is 23.5 Å². The Balaban J connectivity index is 0.000000281. The third-order valence-electron chi connectivity index (χ3n) is 1.71. The molecule has 0 spiro atoms. The summed E-state index contributed by atoms with van der Waals surface area (Å²) in [6, 6.07) is 8.48. The van der Waals surface area contributed by atoms with Crippen LogP contribution < -0.4 is 5.32 Å². The van der Waals surface area contributed by atoms with Crippen molar-refractivity contribution in [2.75, 3.05) is 6.54 Å². The van der Waals surface area contributed by atoms with Crippen LogP contribution in [0.2, 0.25) is 0 Å². The number of aryl methyl sites for hydroxylation is 2. The van der Waals surface area contributed by atoms with Gasteiger partial charge in [0.05, 0.1) is 0 Å². The predicted molar refractivity (Wildman–Crippen MR) is 62.2 cm³/mol. The zero-order valence-electron chi connectivity index (χ0n) is 9.78. The topological polar surface area (TPSA) is 66.4 Å². The molecule has 4 heteroatoms. The number of benzene rings is 1.